The molecule has 0 saturated carbocycles. The fraction of sp³-hybridized carbons (Fsp3) is 0.900. The Labute approximate surface area is 80.3 Å². The van der Waals surface area contributed by atoms with Gasteiger partial charge in [-0.05, 0) is 20.3 Å². The topological polar surface area (TPSA) is 36.3 Å². The van der Waals surface area contributed by atoms with Crippen molar-refractivity contribution in [3.8, 4) is 6.07 Å². The van der Waals surface area contributed by atoms with Crippen LogP contribution in [0.4, 0.5) is 0 Å². The Morgan fingerprint density at radius 1 is 1.62 bits per heavy atom. The van der Waals surface area contributed by atoms with Crippen molar-refractivity contribution in [2.45, 2.75) is 38.8 Å². The third kappa shape index (κ3) is 2.98. The number of hydrogen-bond donors (Lipinski definition) is 0. The molecule has 0 spiro atoms. The molecule has 1 aliphatic rings. The van der Waals surface area contributed by atoms with E-state index in [2.05, 4.69) is 24.8 Å². The van der Waals surface area contributed by atoms with Crippen molar-refractivity contribution in [3.05, 3.63) is 0 Å². The van der Waals surface area contributed by atoms with Gasteiger partial charge in [-0.25, -0.2) is 0 Å². The molecule has 3 nitrogen and oxygen atoms in total. The Morgan fingerprint density at radius 2 is 2.38 bits per heavy atom. The Kier molecular flexibility index (Phi) is 4.20. The minimum absolute atomic E-state index is 0.299. The quantitative estimate of drug-likeness (QED) is 0.647. The average Bonchev–Trinajstić information content (AvgIpc) is 2.30. The molecule has 1 saturated heterocycles. The summed E-state index contributed by atoms with van der Waals surface area (Å²) in [6.45, 7) is 6.96. The predicted octanol–water partition coefficient (Wildman–Crippen LogP) is 1.40. The van der Waals surface area contributed by atoms with Gasteiger partial charge in [0, 0.05) is 25.2 Å². The summed E-state index contributed by atoms with van der Waals surface area (Å²) in [5, 5.41) is 8.68. The van der Waals surface area contributed by atoms with Crippen LogP contribution in [-0.2, 0) is 4.74 Å². The van der Waals surface area contributed by atoms with E-state index in [4.69, 9.17) is 10.00 Å². The lowest BCUT2D eigenvalue weighted by Gasteiger charge is -2.31. The second-order valence-corrected chi connectivity index (χ2v) is 3.78. The van der Waals surface area contributed by atoms with E-state index in [0.717, 1.165) is 19.6 Å². The van der Waals surface area contributed by atoms with E-state index in [9.17, 15) is 0 Å². The maximum Gasteiger partial charge on any atom is 0.0639 e. The van der Waals surface area contributed by atoms with Gasteiger partial charge in [-0.2, -0.15) is 5.26 Å². The molecule has 0 N–H and O–H groups in total. The molecule has 1 aliphatic heterocycles. The van der Waals surface area contributed by atoms with Crippen LogP contribution in [0.3, 0.4) is 0 Å². The summed E-state index contributed by atoms with van der Waals surface area (Å²) >= 11 is 0. The van der Waals surface area contributed by atoms with Crippen molar-refractivity contribution >= 4 is 0 Å². The highest BCUT2D eigenvalue weighted by Gasteiger charge is 2.22. The fourth-order valence-electron chi connectivity index (χ4n) is 1.81. The SMILES string of the molecule is CC(C)N1CCCOC[C@@H]1CC#N. The smallest absolute Gasteiger partial charge is 0.0639 e. The number of hydrogen-bond acceptors (Lipinski definition) is 3. The van der Waals surface area contributed by atoms with Gasteiger partial charge in [0.25, 0.3) is 0 Å². The molecular formula is C10H18N2O. The lowest BCUT2D eigenvalue weighted by Crippen LogP contribution is -2.41. The number of rotatable bonds is 2. The molecular weight excluding hydrogens is 164 g/mol. The molecule has 0 radical (unpaired) electrons. The van der Waals surface area contributed by atoms with Crippen LogP contribution in [0.25, 0.3) is 0 Å². The van der Waals surface area contributed by atoms with Gasteiger partial charge in [0.05, 0.1) is 19.1 Å². The van der Waals surface area contributed by atoms with Crippen LogP contribution in [0, 0.1) is 11.3 Å². The van der Waals surface area contributed by atoms with Crippen LogP contribution in [-0.4, -0.2) is 36.7 Å². The number of ether oxygens (including phenoxy) is 1. The molecule has 0 aromatic rings. The van der Waals surface area contributed by atoms with Crippen LogP contribution in [0.5, 0.6) is 0 Å². The monoisotopic (exact) mass is 182 g/mol. The predicted molar refractivity (Wildman–Crippen MR) is 51.3 cm³/mol. The molecule has 0 unspecified atom stereocenters. The molecule has 0 amide bonds. The van der Waals surface area contributed by atoms with E-state index in [1.54, 1.807) is 0 Å². The molecule has 1 atom stereocenters. The van der Waals surface area contributed by atoms with Crippen LogP contribution >= 0.6 is 0 Å². The van der Waals surface area contributed by atoms with Crippen LogP contribution in [0.1, 0.15) is 26.7 Å². The highest BCUT2D eigenvalue weighted by molar-refractivity contribution is 4.85. The first-order valence-corrected chi connectivity index (χ1v) is 4.96. The Balaban J connectivity index is 2.56. The van der Waals surface area contributed by atoms with Gasteiger partial charge >= 0.3 is 0 Å². The van der Waals surface area contributed by atoms with Crippen molar-refractivity contribution < 1.29 is 4.74 Å². The van der Waals surface area contributed by atoms with Crippen LogP contribution in [0.15, 0.2) is 0 Å². The first-order chi connectivity index (χ1) is 6.25. The lowest BCUT2D eigenvalue weighted by atomic mass is 10.1. The molecule has 0 bridgehead atoms. The van der Waals surface area contributed by atoms with Crippen molar-refractivity contribution in [2.75, 3.05) is 19.8 Å². The molecule has 0 aliphatic carbocycles. The third-order valence-electron chi connectivity index (χ3n) is 2.47. The maximum atomic E-state index is 8.68. The van der Waals surface area contributed by atoms with E-state index in [-0.39, 0.29) is 0 Å². The van der Waals surface area contributed by atoms with E-state index in [0.29, 0.717) is 25.1 Å². The second-order valence-electron chi connectivity index (χ2n) is 3.78. The molecule has 0 aromatic carbocycles. The maximum absolute atomic E-state index is 8.68. The van der Waals surface area contributed by atoms with E-state index < -0.39 is 0 Å². The lowest BCUT2D eigenvalue weighted by molar-refractivity contribution is 0.0891. The second kappa shape index (κ2) is 5.21. The highest BCUT2D eigenvalue weighted by atomic mass is 16.5. The van der Waals surface area contributed by atoms with Gasteiger partial charge in [0.2, 0.25) is 0 Å². The third-order valence-corrected chi connectivity index (χ3v) is 2.47. The standard InChI is InChI=1S/C10H18N2O/c1-9(2)12-6-3-7-13-8-10(12)4-5-11/h9-10H,3-4,6-8H2,1-2H3/t10-/m0/s1. The van der Waals surface area contributed by atoms with Crippen molar-refractivity contribution in [1.82, 2.24) is 4.90 Å². The van der Waals surface area contributed by atoms with Gasteiger partial charge in [-0.15, -0.1) is 0 Å². The summed E-state index contributed by atoms with van der Waals surface area (Å²) in [4.78, 5) is 2.37. The zero-order valence-corrected chi connectivity index (χ0v) is 8.49. The molecule has 3 heteroatoms. The Morgan fingerprint density at radius 3 is 3.00 bits per heavy atom. The summed E-state index contributed by atoms with van der Waals surface area (Å²) < 4.78 is 5.45. The highest BCUT2D eigenvalue weighted by Crippen LogP contribution is 2.13. The molecule has 1 fully saturated rings. The molecule has 1 rings (SSSR count). The molecule has 13 heavy (non-hydrogen) atoms. The zero-order chi connectivity index (χ0) is 9.68. The van der Waals surface area contributed by atoms with Gasteiger partial charge in [-0.3, -0.25) is 4.90 Å². The van der Waals surface area contributed by atoms with Gasteiger partial charge in [0.1, 0.15) is 0 Å². The molecule has 74 valence electrons. The van der Waals surface area contributed by atoms with Crippen LogP contribution < -0.4 is 0 Å². The Bertz CT molecular complexity index is 186. The summed E-state index contributed by atoms with van der Waals surface area (Å²) in [6, 6.07) is 3.04. The van der Waals surface area contributed by atoms with E-state index >= 15 is 0 Å². The Hall–Kier alpha value is -0.590. The fourth-order valence-corrected chi connectivity index (χ4v) is 1.81. The minimum atomic E-state index is 0.299. The van der Waals surface area contributed by atoms with Crippen molar-refractivity contribution in [1.29, 1.82) is 5.26 Å². The molecule has 0 aromatic heterocycles. The summed E-state index contributed by atoms with van der Waals surface area (Å²) in [5.74, 6) is 0. The normalized spacial score (nSPS) is 25.5. The van der Waals surface area contributed by atoms with Gasteiger partial charge in [-0.1, -0.05) is 0 Å². The van der Waals surface area contributed by atoms with Gasteiger partial charge in [0.15, 0.2) is 0 Å². The van der Waals surface area contributed by atoms with Crippen LogP contribution in [0.2, 0.25) is 0 Å². The summed E-state index contributed by atoms with van der Waals surface area (Å²) in [7, 11) is 0. The molecule has 1 heterocycles. The minimum Gasteiger partial charge on any atom is -0.380 e. The van der Waals surface area contributed by atoms with E-state index in [1.165, 1.54) is 0 Å². The average molecular weight is 182 g/mol. The van der Waals surface area contributed by atoms with Gasteiger partial charge < -0.3 is 4.74 Å². The van der Waals surface area contributed by atoms with Crippen molar-refractivity contribution in [3.63, 3.8) is 0 Å². The summed E-state index contributed by atoms with van der Waals surface area (Å²) in [6.07, 6.45) is 1.66. The number of nitrogens with zero attached hydrogens (tertiary/aromatic N) is 2. The zero-order valence-electron chi connectivity index (χ0n) is 8.49. The number of nitriles is 1. The first-order valence-electron chi connectivity index (χ1n) is 4.96. The van der Waals surface area contributed by atoms with Crippen molar-refractivity contribution in [2.24, 2.45) is 0 Å². The van der Waals surface area contributed by atoms with E-state index in [1.807, 2.05) is 0 Å². The first kappa shape index (κ1) is 10.5. The largest absolute Gasteiger partial charge is 0.380 e. The summed E-state index contributed by atoms with van der Waals surface area (Å²) in [5.41, 5.74) is 0.